The highest BCUT2D eigenvalue weighted by molar-refractivity contribution is 5.80. The van der Waals surface area contributed by atoms with Gasteiger partial charge in [-0.1, -0.05) is 11.6 Å². The van der Waals surface area contributed by atoms with Crippen LogP contribution in [0.1, 0.15) is 5.56 Å². The molecule has 0 unspecified atom stereocenters. The Bertz CT molecular complexity index is 636. The van der Waals surface area contributed by atoms with E-state index < -0.39 is 0 Å². The Morgan fingerprint density at radius 1 is 1.25 bits per heavy atom. The van der Waals surface area contributed by atoms with E-state index in [2.05, 4.69) is 16.4 Å². The van der Waals surface area contributed by atoms with Gasteiger partial charge in [-0.25, -0.2) is 9.78 Å². The monoisotopic (exact) mass is 271 g/mol. The van der Waals surface area contributed by atoms with Crippen LogP contribution < -0.4 is 10.1 Å². The molecule has 5 nitrogen and oxygen atoms in total. The fraction of sp³-hybridized carbons (Fsp3) is 0.333. The van der Waals surface area contributed by atoms with Gasteiger partial charge in [0.15, 0.2) is 0 Å². The second-order valence-electron chi connectivity index (χ2n) is 4.95. The van der Waals surface area contributed by atoms with Crippen LogP contribution in [0.15, 0.2) is 30.3 Å². The molecular formula is C15H17N3O2. The number of nitrogens with one attached hydrogen (secondary N) is 1. The Morgan fingerprint density at radius 2 is 2.05 bits per heavy atom. The summed E-state index contributed by atoms with van der Waals surface area (Å²) in [4.78, 5) is 18.1. The average Bonchev–Trinajstić information content (AvgIpc) is 2.48. The van der Waals surface area contributed by atoms with Gasteiger partial charge >= 0.3 is 6.09 Å². The Labute approximate surface area is 117 Å². The molecule has 104 valence electrons. The fourth-order valence-corrected chi connectivity index (χ4v) is 2.28. The van der Waals surface area contributed by atoms with Gasteiger partial charge in [0.25, 0.3) is 0 Å². The predicted molar refractivity (Wildman–Crippen MR) is 76.9 cm³/mol. The fourth-order valence-electron chi connectivity index (χ4n) is 2.28. The first-order chi connectivity index (χ1) is 9.72. The van der Waals surface area contributed by atoms with E-state index >= 15 is 0 Å². The van der Waals surface area contributed by atoms with Crippen LogP contribution in [-0.4, -0.2) is 42.2 Å². The summed E-state index contributed by atoms with van der Waals surface area (Å²) in [5.74, 6) is 0.352. The molecule has 20 heavy (non-hydrogen) atoms. The molecule has 1 saturated heterocycles. The summed E-state index contributed by atoms with van der Waals surface area (Å²) in [7, 11) is 0. The Balaban J connectivity index is 1.76. The van der Waals surface area contributed by atoms with Gasteiger partial charge in [0.1, 0.15) is 0 Å². The molecule has 0 bridgehead atoms. The molecule has 1 aromatic carbocycles. The molecule has 5 heteroatoms. The minimum Gasteiger partial charge on any atom is -0.391 e. The van der Waals surface area contributed by atoms with Crippen LogP contribution in [0.4, 0.5) is 4.79 Å². The summed E-state index contributed by atoms with van der Waals surface area (Å²) in [6.07, 6.45) is -0.328. The number of pyridine rings is 1. The number of hydrogen-bond acceptors (Lipinski definition) is 4. The number of aryl methyl sites for hydroxylation is 1. The standard InChI is InChI=1S/C15H17N3O2/c1-11-2-4-13-12(10-11)3-5-14(17-13)20-15(19)18-8-6-16-7-9-18/h2-5,10,16H,6-9H2,1H3. The van der Waals surface area contributed by atoms with Gasteiger partial charge in [-0.3, -0.25) is 0 Å². The lowest BCUT2D eigenvalue weighted by molar-refractivity contribution is 0.144. The number of rotatable bonds is 1. The molecule has 3 rings (SSSR count). The highest BCUT2D eigenvalue weighted by atomic mass is 16.6. The zero-order chi connectivity index (χ0) is 13.9. The molecule has 1 aliphatic heterocycles. The van der Waals surface area contributed by atoms with E-state index in [4.69, 9.17) is 4.74 Å². The van der Waals surface area contributed by atoms with Gasteiger partial charge in [0.2, 0.25) is 5.88 Å². The lowest BCUT2D eigenvalue weighted by atomic mass is 10.1. The molecule has 1 N–H and O–H groups in total. The molecular weight excluding hydrogens is 254 g/mol. The van der Waals surface area contributed by atoms with Crippen LogP contribution in [0.2, 0.25) is 0 Å². The minimum atomic E-state index is -0.328. The first-order valence-corrected chi connectivity index (χ1v) is 6.77. The average molecular weight is 271 g/mol. The van der Waals surface area contributed by atoms with Crippen molar-refractivity contribution in [2.45, 2.75) is 6.92 Å². The number of aromatic nitrogens is 1. The first kappa shape index (κ1) is 12.9. The summed E-state index contributed by atoms with van der Waals surface area (Å²) in [6, 6.07) is 9.66. The summed E-state index contributed by atoms with van der Waals surface area (Å²) in [5, 5.41) is 4.25. The Hall–Kier alpha value is -2.14. The zero-order valence-electron chi connectivity index (χ0n) is 11.4. The SMILES string of the molecule is Cc1ccc2nc(OC(=O)N3CCNCC3)ccc2c1. The topological polar surface area (TPSA) is 54.5 Å². The van der Waals surface area contributed by atoms with E-state index in [0.717, 1.165) is 24.0 Å². The highest BCUT2D eigenvalue weighted by Gasteiger charge is 2.18. The van der Waals surface area contributed by atoms with Gasteiger partial charge in [-0.15, -0.1) is 0 Å². The Morgan fingerprint density at radius 3 is 2.85 bits per heavy atom. The second kappa shape index (κ2) is 5.46. The maximum atomic E-state index is 12.0. The normalized spacial score (nSPS) is 15.3. The van der Waals surface area contributed by atoms with Crippen LogP contribution in [0.5, 0.6) is 5.88 Å². The zero-order valence-corrected chi connectivity index (χ0v) is 11.4. The van der Waals surface area contributed by atoms with Crippen molar-refractivity contribution in [3.63, 3.8) is 0 Å². The minimum absolute atomic E-state index is 0.328. The van der Waals surface area contributed by atoms with Crippen molar-refractivity contribution in [1.82, 2.24) is 15.2 Å². The third kappa shape index (κ3) is 2.72. The molecule has 0 aliphatic carbocycles. The van der Waals surface area contributed by atoms with Crippen molar-refractivity contribution in [2.75, 3.05) is 26.2 Å². The van der Waals surface area contributed by atoms with Crippen molar-refractivity contribution in [2.24, 2.45) is 0 Å². The molecule has 2 aromatic rings. The number of nitrogens with zero attached hydrogens (tertiary/aromatic N) is 2. The molecule has 2 heterocycles. The molecule has 1 aliphatic rings. The largest absolute Gasteiger partial charge is 0.416 e. The summed E-state index contributed by atoms with van der Waals surface area (Å²) >= 11 is 0. The van der Waals surface area contributed by atoms with Crippen molar-refractivity contribution < 1.29 is 9.53 Å². The van der Waals surface area contributed by atoms with E-state index in [0.29, 0.717) is 19.0 Å². The number of benzene rings is 1. The summed E-state index contributed by atoms with van der Waals surface area (Å²) < 4.78 is 5.34. The number of fused-ring (bicyclic) bond motifs is 1. The maximum Gasteiger partial charge on any atom is 0.416 e. The molecule has 1 fully saturated rings. The smallest absolute Gasteiger partial charge is 0.391 e. The van der Waals surface area contributed by atoms with Crippen LogP contribution in [0.3, 0.4) is 0 Å². The lowest BCUT2D eigenvalue weighted by Gasteiger charge is -2.26. The van der Waals surface area contributed by atoms with E-state index in [1.54, 1.807) is 11.0 Å². The van der Waals surface area contributed by atoms with Crippen molar-refractivity contribution in [1.29, 1.82) is 0 Å². The maximum absolute atomic E-state index is 12.0. The molecule has 0 atom stereocenters. The number of ether oxygens (including phenoxy) is 1. The quantitative estimate of drug-likeness (QED) is 0.861. The highest BCUT2D eigenvalue weighted by Crippen LogP contribution is 2.18. The first-order valence-electron chi connectivity index (χ1n) is 6.77. The van der Waals surface area contributed by atoms with Crippen LogP contribution in [0, 0.1) is 6.92 Å². The third-order valence-corrected chi connectivity index (χ3v) is 3.39. The predicted octanol–water partition coefficient (Wildman–Crippen LogP) is 1.95. The third-order valence-electron chi connectivity index (χ3n) is 3.39. The molecule has 1 aromatic heterocycles. The van der Waals surface area contributed by atoms with Gasteiger partial charge in [-0.05, 0) is 25.1 Å². The molecule has 1 amide bonds. The number of carbonyl (C=O) groups excluding carboxylic acids is 1. The lowest BCUT2D eigenvalue weighted by Crippen LogP contribution is -2.47. The van der Waals surface area contributed by atoms with Gasteiger partial charge in [0, 0.05) is 37.6 Å². The summed E-state index contributed by atoms with van der Waals surface area (Å²) in [6.45, 7) is 4.99. The van der Waals surface area contributed by atoms with E-state index in [1.807, 2.05) is 25.1 Å². The Kier molecular flexibility index (Phi) is 3.52. The van der Waals surface area contributed by atoms with Gasteiger partial charge in [0.05, 0.1) is 5.52 Å². The number of amides is 1. The molecule has 0 saturated carbocycles. The number of piperazine rings is 1. The number of carbonyl (C=O) groups is 1. The van der Waals surface area contributed by atoms with E-state index in [9.17, 15) is 4.79 Å². The number of hydrogen-bond donors (Lipinski definition) is 1. The van der Waals surface area contributed by atoms with Crippen LogP contribution in [0.25, 0.3) is 10.9 Å². The molecule has 0 spiro atoms. The van der Waals surface area contributed by atoms with E-state index in [-0.39, 0.29) is 6.09 Å². The van der Waals surface area contributed by atoms with Gasteiger partial charge in [-0.2, -0.15) is 0 Å². The van der Waals surface area contributed by atoms with Crippen LogP contribution >= 0.6 is 0 Å². The van der Waals surface area contributed by atoms with Crippen LogP contribution in [-0.2, 0) is 0 Å². The van der Waals surface area contributed by atoms with Crippen molar-refractivity contribution in [3.8, 4) is 5.88 Å². The molecule has 0 radical (unpaired) electrons. The van der Waals surface area contributed by atoms with E-state index in [1.165, 1.54) is 5.56 Å². The van der Waals surface area contributed by atoms with Crippen molar-refractivity contribution >= 4 is 17.0 Å². The van der Waals surface area contributed by atoms with Gasteiger partial charge < -0.3 is 15.0 Å². The van der Waals surface area contributed by atoms with Crippen molar-refractivity contribution in [3.05, 3.63) is 35.9 Å². The second-order valence-corrected chi connectivity index (χ2v) is 4.95. The summed E-state index contributed by atoms with van der Waals surface area (Å²) in [5.41, 5.74) is 2.02.